The molecule has 1 aromatic heterocycles. The summed E-state index contributed by atoms with van der Waals surface area (Å²) in [5.41, 5.74) is 4.54. The van der Waals surface area contributed by atoms with Crippen LogP contribution < -0.4 is 5.56 Å². The monoisotopic (exact) mass is 475 g/mol. The highest BCUT2D eigenvalue weighted by Crippen LogP contribution is 2.29. The fourth-order valence-corrected chi connectivity index (χ4v) is 5.20. The first-order valence-electron chi connectivity index (χ1n) is 12.3. The number of carbonyl (C=O) groups excluding carboxylic acids is 2. The van der Waals surface area contributed by atoms with E-state index in [9.17, 15) is 14.4 Å². The molecule has 3 aliphatic rings. The van der Waals surface area contributed by atoms with Gasteiger partial charge >= 0.3 is 0 Å². The second-order valence-corrected chi connectivity index (χ2v) is 9.24. The summed E-state index contributed by atoms with van der Waals surface area (Å²) in [4.78, 5) is 45.7. The maximum absolute atomic E-state index is 13.7. The van der Waals surface area contributed by atoms with Gasteiger partial charge in [0.05, 0.1) is 16.6 Å². The Bertz CT molecular complexity index is 1600. The number of imide groups is 1. The molecule has 2 aliphatic carbocycles. The Balaban J connectivity index is 1.40. The van der Waals surface area contributed by atoms with Gasteiger partial charge in [-0.1, -0.05) is 54.6 Å². The van der Waals surface area contributed by atoms with Gasteiger partial charge in [-0.2, -0.15) is 0 Å². The van der Waals surface area contributed by atoms with Gasteiger partial charge in [0.1, 0.15) is 5.82 Å². The fourth-order valence-electron chi connectivity index (χ4n) is 5.20. The van der Waals surface area contributed by atoms with Crippen LogP contribution in [0.1, 0.15) is 37.1 Å². The van der Waals surface area contributed by atoms with Crippen molar-refractivity contribution in [1.82, 2.24) is 14.5 Å². The van der Waals surface area contributed by atoms with Crippen LogP contribution in [0.5, 0.6) is 0 Å². The summed E-state index contributed by atoms with van der Waals surface area (Å²) in [6.07, 6.45) is 13.6. The molecule has 0 radical (unpaired) electrons. The molecule has 1 aliphatic heterocycles. The van der Waals surface area contributed by atoms with Crippen LogP contribution in [0.3, 0.4) is 0 Å². The van der Waals surface area contributed by atoms with Crippen LogP contribution in [-0.2, 0) is 16.0 Å². The topological polar surface area (TPSA) is 72.3 Å². The third kappa shape index (κ3) is 3.75. The summed E-state index contributed by atoms with van der Waals surface area (Å²) >= 11 is 0. The number of carbonyl (C=O) groups is 2. The number of aromatic nitrogens is 2. The Morgan fingerprint density at radius 2 is 1.75 bits per heavy atom. The molecule has 2 heterocycles. The predicted molar refractivity (Wildman–Crippen MR) is 140 cm³/mol. The zero-order chi connectivity index (χ0) is 24.6. The van der Waals surface area contributed by atoms with Crippen molar-refractivity contribution in [3.05, 3.63) is 112 Å². The van der Waals surface area contributed by atoms with Crippen molar-refractivity contribution in [2.45, 2.75) is 32.1 Å². The minimum Gasteiger partial charge on any atom is -0.274 e. The second-order valence-electron chi connectivity index (χ2n) is 9.24. The molecular weight excluding hydrogens is 450 g/mol. The SMILES string of the molecule is O=C1C2=C(CCC=C2)C(=O)N1CCc1nc2ccccc2c(=O)n1-c1cccc(C2=CC=CCC2)c1. The molecule has 2 amide bonds. The number of rotatable bonds is 5. The summed E-state index contributed by atoms with van der Waals surface area (Å²) in [5, 5.41) is 0.530. The first kappa shape index (κ1) is 22.2. The molecule has 0 bridgehead atoms. The Hall–Kier alpha value is -4.32. The van der Waals surface area contributed by atoms with Crippen LogP contribution in [0.4, 0.5) is 0 Å². The molecule has 178 valence electrons. The maximum atomic E-state index is 13.7. The molecule has 0 fully saturated rings. The van der Waals surface area contributed by atoms with E-state index in [1.165, 1.54) is 10.5 Å². The number of amides is 2. The van der Waals surface area contributed by atoms with Crippen LogP contribution in [-0.4, -0.2) is 32.8 Å². The zero-order valence-corrected chi connectivity index (χ0v) is 19.8. The van der Waals surface area contributed by atoms with Gasteiger partial charge in [0.15, 0.2) is 0 Å². The number of para-hydroxylation sites is 1. The number of allylic oxidation sites excluding steroid dienone is 5. The van der Waals surface area contributed by atoms with Crippen molar-refractivity contribution in [2.75, 3.05) is 6.54 Å². The third-order valence-corrected chi connectivity index (χ3v) is 7.04. The van der Waals surface area contributed by atoms with E-state index in [2.05, 4.69) is 24.3 Å². The van der Waals surface area contributed by atoms with E-state index in [4.69, 9.17) is 4.98 Å². The molecule has 0 atom stereocenters. The smallest absolute Gasteiger partial charge is 0.265 e. The fraction of sp³-hybridized carbons (Fsp3) is 0.200. The van der Waals surface area contributed by atoms with Crippen LogP contribution in [0.25, 0.3) is 22.2 Å². The molecule has 0 spiro atoms. The van der Waals surface area contributed by atoms with Crippen LogP contribution in [0.2, 0.25) is 0 Å². The van der Waals surface area contributed by atoms with Crippen LogP contribution in [0.15, 0.2) is 94.9 Å². The van der Waals surface area contributed by atoms with E-state index >= 15 is 0 Å². The Labute approximate surface area is 208 Å². The van der Waals surface area contributed by atoms with E-state index in [1.807, 2.05) is 42.5 Å². The quantitative estimate of drug-likeness (QED) is 0.503. The lowest BCUT2D eigenvalue weighted by atomic mass is 9.97. The highest BCUT2D eigenvalue weighted by molar-refractivity contribution is 6.20. The van der Waals surface area contributed by atoms with Gasteiger partial charge in [0.25, 0.3) is 17.4 Å². The molecule has 0 N–H and O–H groups in total. The van der Waals surface area contributed by atoms with Crippen LogP contribution >= 0.6 is 0 Å². The number of hydrogen-bond donors (Lipinski definition) is 0. The lowest BCUT2D eigenvalue weighted by Crippen LogP contribution is -2.35. The summed E-state index contributed by atoms with van der Waals surface area (Å²) in [7, 11) is 0. The largest absolute Gasteiger partial charge is 0.274 e. The predicted octanol–water partition coefficient (Wildman–Crippen LogP) is 4.68. The molecule has 0 saturated heterocycles. The summed E-state index contributed by atoms with van der Waals surface area (Å²) in [6, 6.07) is 15.2. The summed E-state index contributed by atoms with van der Waals surface area (Å²) in [6.45, 7) is 0.166. The van der Waals surface area contributed by atoms with Crippen molar-refractivity contribution < 1.29 is 9.59 Å². The number of nitrogens with zero attached hydrogens (tertiary/aromatic N) is 3. The molecule has 6 rings (SSSR count). The zero-order valence-electron chi connectivity index (χ0n) is 19.8. The molecule has 36 heavy (non-hydrogen) atoms. The summed E-state index contributed by atoms with van der Waals surface area (Å²) in [5.74, 6) is 0.0302. The second kappa shape index (κ2) is 9.04. The molecule has 0 saturated carbocycles. The third-order valence-electron chi connectivity index (χ3n) is 7.04. The number of hydrogen-bond acceptors (Lipinski definition) is 4. The standard InChI is InChI=1S/C30H25N3O3/c34-28-23-13-4-5-14-24(23)29(35)32(28)18-17-27-31-26-16-7-6-15-25(26)30(36)33(27)22-12-8-11-21(19-22)20-9-2-1-3-10-20/h1-2,4,6-9,11-13,15-16,19H,3,5,10,14,17-18H2. The van der Waals surface area contributed by atoms with Crippen molar-refractivity contribution in [2.24, 2.45) is 0 Å². The van der Waals surface area contributed by atoms with Gasteiger partial charge in [0.2, 0.25) is 0 Å². The first-order chi connectivity index (χ1) is 17.6. The van der Waals surface area contributed by atoms with Gasteiger partial charge in [-0.25, -0.2) is 4.98 Å². The van der Waals surface area contributed by atoms with Gasteiger partial charge in [-0.05, 0) is 61.1 Å². The van der Waals surface area contributed by atoms with Crippen molar-refractivity contribution in [1.29, 1.82) is 0 Å². The first-order valence-corrected chi connectivity index (χ1v) is 12.3. The Morgan fingerprint density at radius 1 is 0.889 bits per heavy atom. The molecule has 2 aromatic carbocycles. The summed E-state index contributed by atoms with van der Waals surface area (Å²) < 4.78 is 1.63. The van der Waals surface area contributed by atoms with E-state index < -0.39 is 0 Å². The van der Waals surface area contributed by atoms with E-state index in [0.717, 1.165) is 30.5 Å². The molecule has 0 unspecified atom stereocenters. The van der Waals surface area contributed by atoms with Gasteiger partial charge < -0.3 is 0 Å². The van der Waals surface area contributed by atoms with E-state index in [0.29, 0.717) is 34.3 Å². The van der Waals surface area contributed by atoms with Crippen LogP contribution in [0, 0.1) is 0 Å². The minimum absolute atomic E-state index is 0.162. The maximum Gasteiger partial charge on any atom is 0.265 e. The highest BCUT2D eigenvalue weighted by Gasteiger charge is 2.37. The van der Waals surface area contributed by atoms with Gasteiger partial charge in [-0.15, -0.1) is 0 Å². The minimum atomic E-state index is -0.264. The molecular formula is C30H25N3O3. The van der Waals surface area contributed by atoms with Gasteiger partial charge in [-0.3, -0.25) is 23.9 Å². The lowest BCUT2D eigenvalue weighted by molar-refractivity contribution is -0.137. The van der Waals surface area contributed by atoms with Crippen molar-refractivity contribution in [3.63, 3.8) is 0 Å². The average molecular weight is 476 g/mol. The lowest BCUT2D eigenvalue weighted by Gasteiger charge is -2.18. The van der Waals surface area contributed by atoms with Crippen molar-refractivity contribution >= 4 is 28.3 Å². The average Bonchev–Trinajstić information content (AvgIpc) is 3.17. The molecule has 6 heteroatoms. The number of benzene rings is 2. The number of fused-ring (bicyclic) bond motifs is 1. The molecule has 3 aromatic rings. The van der Waals surface area contributed by atoms with E-state index in [1.54, 1.807) is 16.7 Å². The normalized spacial score (nSPS) is 17.2. The van der Waals surface area contributed by atoms with E-state index in [-0.39, 0.29) is 30.3 Å². The highest BCUT2D eigenvalue weighted by atomic mass is 16.2. The Morgan fingerprint density at radius 3 is 2.58 bits per heavy atom. The molecule has 6 nitrogen and oxygen atoms in total. The van der Waals surface area contributed by atoms with Gasteiger partial charge in [0, 0.05) is 24.1 Å². The Kier molecular flexibility index (Phi) is 5.56. The van der Waals surface area contributed by atoms with Crippen molar-refractivity contribution in [3.8, 4) is 5.69 Å².